The molecule has 8 heteroatoms. The van der Waals surface area contributed by atoms with Gasteiger partial charge in [0.2, 0.25) is 5.91 Å². The van der Waals surface area contributed by atoms with Crippen LogP contribution in [-0.2, 0) is 9.53 Å². The molecule has 2 heterocycles. The first-order valence-corrected chi connectivity index (χ1v) is 11.9. The van der Waals surface area contributed by atoms with Gasteiger partial charge in [-0.25, -0.2) is 4.98 Å². The number of hydrogen-bond donors (Lipinski definition) is 2. The molecule has 1 aliphatic heterocycles. The lowest BCUT2D eigenvalue weighted by atomic mass is 9.51. The molecule has 2 aliphatic carbocycles. The van der Waals surface area contributed by atoms with Crippen molar-refractivity contribution < 1.29 is 19.4 Å². The molecule has 0 aromatic carbocycles. The first-order chi connectivity index (χ1) is 15.3. The van der Waals surface area contributed by atoms with E-state index in [9.17, 15) is 14.7 Å². The van der Waals surface area contributed by atoms with Gasteiger partial charge in [-0.1, -0.05) is 20.8 Å². The van der Waals surface area contributed by atoms with Crippen LogP contribution in [0.5, 0.6) is 0 Å². The van der Waals surface area contributed by atoms with Crippen LogP contribution in [0.4, 0.5) is 0 Å². The number of aromatic nitrogens is 2. The Morgan fingerprint density at radius 2 is 1.97 bits per heavy atom. The fourth-order valence-electron chi connectivity index (χ4n) is 6.41. The van der Waals surface area contributed by atoms with E-state index in [0.717, 1.165) is 25.7 Å². The molecule has 2 saturated carbocycles. The van der Waals surface area contributed by atoms with Gasteiger partial charge in [-0.2, -0.15) is 0 Å². The molecule has 3 fully saturated rings. The molecule has 1 aromatic heterocycles. The molecular formula is C24H36N4O4. The zero-order valence-corrected chi connectivity index (χ0v) is 19.4. The highest BCUT2D eigenvalue weighted by molar-refractivity contribution is 5.92. The van der Waals surface area contributed by atoms with E-state index in [1.165, 1.54) is 12.4 Å². The third kappa shape index (κ3) is 4.39. The van der Waals surface area contributed by atoms with Gasteiger partial charge in [0.15, 0.2) is 0 Å². The van der Waals surface area contributed by atoms with Crippen LogP contribution < -0.4 is 5.32 Å². The summed E-state index contributed by atoms with van der Waals surface area (Å²) >= 11 is 0. The zero-order valence-electron chi connectivity index (χ0n) is 19.4. The van der Waals surface area contributed by atoms with Crippen molar-refractivity contribution in [1.29, 1.82) is 0 Å². The number of morpholine rings is 1. The molecule has 2 amide bonds. The van der Waals surface area contributed by atoms with Gasteiger partial charge in [0.25, 0.3) is 5.91 Å². The quantitative estimate of drug-likeness (QED) is 0.735. The predicted molar refractivity (Wildman–Crippen MR) is 119 cm³/mol. The van der Waals surface area contributed by atoms with Crippen LogP contribution in [-0.4, -0.2) is 70.2 Å². The Hall–Kier alpha value is -2.06. The summed E-state index contributed by atoms with van der Waals surface area (Å²) in [6, 6.07) is -0.0405. The van der Waals surface area contributed by atoms with Crippen molar-refractivity contribution in [3.8, 4) is 0 Å². The Kier molecular flexibility index (Phi) is 6.81. The number of carbonyl (C=O) groups is 2. The zero-order chi connectivity index (χ0) is 22.9. The minimum Gasteiger partial charge on any atom is -0.392 e. The number of aliphatic hydroxyl groups is 1. The highest BCUT2D eigenvalue weighted by Gasteiger charge is 2.54. The largest absolute Gasteiger partial charge is 0.392 e. The van der Waals surface area contributed by atoms with Crippen LogP contribution in [0.25, 0.3) is 0 Å². The Bertz CT molecular complexity index is 815. The van der Waals surface area contributed by atoms with Gasteiger partial charge in [-0.05, 0) is 48.9 Å². The molecule has 4 rings (SSSR count). The maximum atomic E-state index is 13.1. The topological polar surface area (TPSA) is 105 Å². The van der Waals surface area contributed by atoms with Crippen molar-refractivity contribution in [2.24, 2.45) is 29.1 Å². The number of ether oxygens (including phenoxy) is 1. The van der Waals surface area contributed by atoms with Crippen LogP contribution in [0, 0.1) is 29.1 Å². The van der Waals surface area contributed by atoms with Crippen molar-refractivity contribution >= 4 is 11.8 Å². The maximum Gasteiger partial charge on any atom is 0.271 e. The number of rotatable bonds is 4. The number of nitrogens with zero attached hydrogens (tertiary/aromatic N) is 3. The third-order valence-electron chi connectivity index (χ3n) is 8.35. The molecule has 7 atom stereocenters. The maximum absolute atomic E-state index is 13.1. The van der Waals surface area contributed by atoms with Gasteiger partial charge in [0, 0.05) is 37.4 Å². The molecule has 1 saturated heterocycles. The standard InChI is InChI=1S/C24H36N4O4/c1-15(23(31)28-10-12-32-13-11-28)17-4-6-24(3)7-5-18(16(2)20(24)21(17)29)27-22(30)19-14-25-8-9-26-19/h8-9,14-18,20-21,29H,4-7,10-13H2,1-3H3,(H,27,30)/t15-,16-,17-,18-,20+,21-,24+/m0/s1. The van der Waals surface area contributed by atoms with E-state index in [1.54, 1.807) is 6.20 Å². The number of hydrogen-bond acceptors (Lipinski definition) is 6. The Morgan fingerprint density at radius 3 is 2.66 bits per heavy atom. The highest BCUT2D eigenvalue weighted by atomic mass is 16.5. The number of fused-ring (bicyclic) bond motifs is 1. The molecule has 176 valence electrons. The summed E-state index contributed by atoms with van der Waals surface area (Å²) in [5.74, 6) is -0.275. The molecular weight excluding hydrogens is 408 g/mol. The summed E-state index contributed by atoms with van der Waals surface area (Å²) in [5.41, 5.74) is 0.324. The average molecular weight is 445 g/mol. The normalized spacial score (nSPS) is 36.1. The van der Waals surface area contributed by atoms with Crippen LogP contribution in [0.2, 0.25) is 0 Å². The van der Waals surface area contributed by atoms with Crippen LogP contribution in [0.1, 0.15) is 56.9 Å². The van der Waals surface area contributed by atoms with E-state index in [4.69, 9.17) is 4.74 Å². The predicted octanol–water partition coefficient (Wildman–Crippen LogP) is 1.89. The van der Waals surface area contributed by atoms with Gasteiger partial charge in [-0.15, -0.1) is 0 Å². The van der Waals surface area contributed by atoms with E-state index < -0.39 is 6.10 Å². The SMILES string of the molecule is C[C@@H]1[C@@H]2[C@@H](O)[C@H]([C@H](C)C(=O)N3CCOCC3)CC[C@]2(C)CC[C@@H]1NC(=O)c1cnccn1. The Labute approximate surface area is 190 Å². The first kappa shape index (κ1) is 23.1. The van der Waals surface area contributed by atoms with E-state index >= 15 is 0 Å². The van der Waals surface area contributed by atoms with Gasteiger partial charge in [0.05, 0.1) is 25.5 Å². The molecule has 0 radical (unpaired) electrons. The van der Waals surface area contributed by atoms with Crippen LogP contribution in [0.3, 0.4) is 0 Å². The monoisotopic (exact) mass is 444 g/mol. The first-order valence-electron chi connectivity index (χ1n) is 11.9. The van der Waals surface area contributed by atoms with Crippen LogP contribution >= 0.6 is 0 Å². The Balaban J connectivity index is 1.47. The lowest BCUT2D eigenvalue weighted by Crippen LogP contribution is -2.59. The van der Waals surface area contributed by atoms with Gasteiger partial charge in [0.1, 0.15) is 5.69 Å². The minimum atomic E-state index is -0.569. The fourth-order valence-corrected chi connectivity index (χ4v) is 6.41. The molecule has 3 aliphatic rings. The second-order valence-electron chi connectivity index (χ2n) is 10.2. The molecule has 2 N–H and O–H groups in total. The van der Waals surface area contributed by atoms with Gasteiger partial charge in [-0.3, -0.25) is 14.6 Å². The lowest BCUT2D eigenvalue weighted by Gasteiger charge is -2.56. The van der Waals surface area contributed by atoms with Crippen molar-refractivity contribution in [2.75, 3.05) is 26.3 Å². The van der Waals surface area contributed by atoms with E-state index in [2.05, 4.69) is 29.1 Å². The summed E-state index contributed by atoms with van der Waals surface area (Å²) in [6.45, 7) is 8.77. The highest BCUT2D eigenvalue weighted by Crippen LogP contribution is 2.55. The second kappa shape index (κ2) is 9.43. The van der Waals surface area contributed by atoms with Crippen LogP contribution in [0.15, 0.2) is 18.6 Å². The summed E-state index contributed by atoms with van der Waals surface area (Å²) in [6.07, 6.45) is 7.63. The van der Waals surface area contributed by atoms with Crippen molar-refractivity contribution in [3.05, 3.63) is 24.3 Å². The number of nitrogens with one attached hydrogen (secondary N) is 1. The van der Waals surface area contributed by atoms with Crippen molar-refractivity contribution in [1.82, 2.24) is 20.2 Å². The number of aliphatic hydroxyl groups excluding tert-OH is 1. The lowest BCUT2D eigenvalue weighted by molar-refractivity contribution is -0.153. The average Bonchev–Trinajstić information content (AvgIpc) is 2.81. The molecule has 0 spiro atoms. The van der Waals surface area contributed by atoms with E-state index in [1.807, 2.05) is 11.8 Å². The molecule has 32 heavy (non-hydrogen) atoms. The van der Waals surface area contributed by atoms with E-state index in [-0.39, 0.29) is 46.9 Å². The summed E-state index contributed by atoms with van der Waals surface area (Å²) in [4.78, 5) is 35.8. The van der Waals surface area contributed by atoms with Gasteiger partial charge >= 0.3 is 0 Å². The molecule has 8 nitrogen and oxygen atoms in total. The summed E-state index contributed by atoms with van der Waals surface area (Å²) in [5, 5.41) is 14.7. The summed E-state index contributed by atoms with van der Waals surface area (Å²) < 4.78 is 5.38. The number of amides is 2. The fraction of sp³-hybridized carbons (Fsp3) is 0.750. The van der Waals surface area contributed by atoms with Crippen molar-refractivity contribution in [3.63, 3.8) is 0 Å². The smallest absolute Gasteiger partial charge is 0.271 e. The molecule has 0 unspecified atom stereocenters. The summed E-state index contributed by atoms with van der Waals surface area (Å²) in [7, 11) is 0. The second-order valence-corrected chi connectivity index (χ2v) is 10.2. The Morgan fingerprint density at radius 1 is 1.25 bits per heavy atom. The third-order valence-corrected chi connectivity index (χ3v) is 8.35. The van der Waals surface area contributed by atoms with Gasteiger partial charge < -0.3 is 20.1 Å². The molecule has 0 bridgehead atoms. The minimum absolute atomic E-state index is 0.0187. The number of carbonyl (C=O) groups excluding carboxylic acids is 2. The molecule has 1 aromatic rings. The van der Waals surface area contributed by atoms with Crippen molar-refractivity contribution in [2.45, 2.75) is 58.6 Å². The van der Waals surface area contributed by atoms with E-state index in [0.29, 0.717) is 32.0 Å².